The third-order valence-electron chi connectivity index (χ3n) is 2.41. The molecule has 2 rings (SSSR count). The fourth-order valence-electron chi connectivity index (χ4n) is 1.56. The molecule has 106 valence electrons. The molecule has 0 aliphatic heterocycles. The number of phenolic OH excluding ortho intramolecular Hbond substituents is 1. The van der Waals surface area contributed by atoms with Crippen LogP contribution in [0.25, 0.3) is 0 Å². The first-order valence-corrected chi connectivity index (χ1v) is 6.58. The van der Waals surface area contributed by atoms with Crippen LogP contribution < -0.4 is 16.8 Å². The second kappa shape index (κ2) is 5.98. The van der Waals surface area contributed by atoms with E-state index in [4.69, 9.17) is 11.5 Å². The smallest absolute Gasteiger partial charge is 0.317 e. The predicted molar refractivity (Wildman–Crippen MR) is 80.1 cm³/mol. The summed E-state index contributed by atoms with van der Waals surface area (Å²) in [4.78, 5) is 22.7. The van der Waals surface area contributed by atoms with Crippen LogP contribution in [0.2, 0.25) is 0 Å². The standard InChI is InChI=1S/C14H11N3O3S/c15-12(19)11-7-10(21-13(11)17-14(16)20)5-4-8-2-1-3-9(18)6-8/h1-3,6-7,18H,(H2,15,19)(H3,16,17,20). The van der Waals surface area contributed by atoms with Gasteiger partial charge in [0.05, 0.1) is 10.4 Å². The fourth-order valence-corrected chi connectivity index (χ4v) is 2.48. The van der Waals surface area contributed by atoms with Crippen molar-refractivity contribution >= 4 is 28.3 Å². The third kappa shape index (κ3) is 3.75. The van der Waals surface area contributed by atoms with Crippen LogP contribution in [-0.2, 0) is 0 Å². The Labute approximate surface area is 124 Å². The second-order valence-electron chi connectivity index (χ2n) is 4.01. The largest absolute Gasteiger partial charge is 0.508 e. The van der Waals surface area contributed by atoms with Crippen LogP contribution in [0.1, 0.15) is 20.8 Å². The van der Waals surface area contributed by atoms with Gasteiger partial charge in [-0.15, -0.1) is 11.3 Å². The minimum absolute atomic E-state index is 0.113. The normalized spacial score (nSPS) is 9.52. The van der Waals surface area contributed by atoms with Crippen LogP contribution in [0.5, 0.6) is 5.75 Å². The number of primary amides is 2. The maximum Gasteiger partial charge on any atom is 0.317 e. The maximum atomic E-state index is 11.3. The van der Waals surface area contributed by atoms with E-state index in [1.165, 1.54) is 18.2 Å². The Morgan fingerprint density at radius 1 is 1.19 bits per heavy atom. The highest BCUT2D eigenvalue weighted by molar-refractivity contribution is 7.17. The van der Waals surface area contributed by atoms with Gasteiger partial charge in [0.2, 0.25) is 0 Å². The van der Waals surface area contributed by atoms with E-state index in [1.807, 2.05) is 0 Å². The van der Waals surface area contributed by atoms with Crippen LogP contribution in [0.4, 0.5) is 9.80 Å². The van der Waals surface area contributed by atoms with Crippen molar-refractivity contribution in [2.45, 2.75) is 0 Å². The van der Waals surface area contributed by atoms with E-state index in [9.17, 15) is 14.7 Å². The highest BCUT2D eigenvalue weighted by atomic mass is 32.1. The van der Waals surface area contributed by atoms with Gasteiger partial charge in [0.15, 0.2) is 0 Å². The van der Waals surface area contributed by atoms with Crippen LogP contribution in [0, 0.1) is 11.8 Å². The number of phenols is 1. The minimum atomic E-state index is -0.785. The van der Waals surface area contributed by atoms with Crippen molar-refractivity contribution in [2.24, 2.45) is 11.5 Å². The van der Waals surface area contributed by atoms with Crippen molar-refractivity contribution in [3.63, 3.8) is 0 Å². The van der Waals surface area contributed by atoms with Crippen molar-refractivity contribution in [2.75, 3.05) is 5.32 Å². The Kier molecular flexibility index (Phi) is 4.11. The van der Waals surface area contributed by atoms with Crippen LogP contribution in [0.15, 0.2) is 30.3 Å². The molecule has 0 unspecified atom stereocenters. The maximum absolute atomic E-state index is 11.3. The van der Waals surface area contributed by atoms with Crippen LogP contribution in [-0.4, -0.2) is 17.0 Å². The van der Waals surface area contributed by atoms with E-state index in [2.05, 4.69) is 17.2 Å². The Bertz CT molecular complexity index is 771. The van der Waals surface area contributed by atoms with Gasteiger partial charge in [0, 0.05) is 5.56 Å². The lowest BCUT2D eigenvalue weighted by molar-refractivity contribution is 0.100. The van der Waals surface area contributed by atoms with Crippen molar-refractivity contribution in [1.29, 1.82) is 0 Å². The molecule has 7 heteroatoms. The molecule has 2 aromatic rings. The van der Waals surface area contributed by atoms with E-state index >= 15 is 0 Å². The highest BCUT2D eigenvalue weighted by Gasteiger charge is 2.14. The highest BCUT2D eigenvalue weighted by Crippen LogP contribution is 2.27. The minimum Gasteiger partial charge on any atom is -0.508 e. The first-order valence-electron chi connectivity index (χ1n) is 5.77. The predicted octanol–water partition coefficient (Wildman–Crippen LogP) is 1.44. The number of amides is 3. The molecule has 21 heavy (non-hydrogen) atoms. The van der Waals surface area contributed by atoms with Gasteiger partial charge in [-0.25, -0.2) is 4.79 Å². The molecule has 1 aromatic heterocycles. The van der Waals surface area contributed by atoms with E-state index in [-0.39, 0.29) is 16.3 Å². The van der Waals surface area contributed by atoms with Crippen molar-refractivity contribution < 1.29 is 14.7 Å². The first kappa shape index (κ1) is 14.4. The molecule has 0 aliphatic carbocycles. The number of carbonyl (C=O) groups excluding carboxylic acids is 2. The van der Waals surface area contributed by atoms with Gasteiger partial charge in [-0.1, -0.05) is 17.9 Å². The number of rotatable bonds is 2. The van der Waals surface area contributed by atoms with E-state index in [1.54, 1.807) is 12.1 Å². The van der Waals surface area contributed by atoms with Gasteiger partial charge < -0.3 is 16.6 Å². The Morgan fingerprint density at radius 3 is 2.57 bits per heavy atom. The summed E-state index contributed by atoms with van der Waals surface area (Å²) in [6.45, 7) is 0. The molecular formula is C14H11N3O3S. The fraction of sp³-hybridized carbons (Fsp3) is 0. The molecule has 0 radical (unpaired) electrons. The van der Waals surface area contributed by atoms with Gasteiger partial charge in [0.25, 0.3) is 5.91 Å². The summed E-state index contributed by atoms with van der Waals surface area (Å²) in [6, 6.07) is 7.15. The molecule has 3 amide bonds. The van der Waals surface area contributed by atoms with Gasteiger partial charge >= 0.3 is 6.03 Å². The molecule has 1 aromatic carbocycles. The summed E-state index contributed by atoms with van der Waals surface area (Å²) < 4.78 is 0. The average Bonchev–Trinajstić information content (AvgIpc) is 2.79. The van der Waals surface area contributed by atoms with E-state index in [0.717, 1.165) is 11.3 Å². The zero-order valence-electron chi connectivity index (χ0n) is 10.7. The van der Waals surface area contributed by atoms with Crippen molar-refractivity contribution in [1.82, 2.24) is 0 Å². The molecule has 0 saturated carbocycles. The summed E-state index contributed by atoms with van der Waals surface area (Å²) in [5, 5.41) is 11.9. The number of benzene rings is 1. The molecule has 6 nitrogen and oxygen atoms in total. The number of nitrogens with one attached hydrogen (secondary N) is 1. The number of carbonyl (C=O) groups is 2. The lowest BCUT2D eigenvalue weighted by atomic mass is 10.2. The van der Waals surface area contributed by atoms with Gasteiger partial charge in [-0.3, -0.25) is 10.1 Å². The summed E-state index contributed by atoms with van der Waals surface area (Å²) in [7, 11) is 0. The number of urea groups is 1. The van der Waals surface area contributed by atoms with E-state index in [0.29, 0.717) is 10.4 Å². The average molecular weight is 301 g/mol. The zero-order chi connectivity index (χ0) is 15.4. The summed E-state index contributed by atoms with van der Waals surface area (Å²) >= 11 is 1.09. The van der Waals surface area contributed by atoms with Gasteiger partial charge in [-0.2, -0.15) is 0 Å². The molecule has 6 N–H and O–H groups in total. The topological polar surface area (TPSA) is 118 Å². The molecule has 0 saturated heterocycles. The lowest BCUT2D eigenvalue weighted by Crippen LogP contribution is -2.21. The summed E-state index contributed by atoms with van der Waals surface area (Å²) in [5.41, 5.74) is 11.0. The van der Waals surface area contributed by atoms with Crippen LogP contribution in [0.3, 0.4) is 0 Å². The third-order valence-corrected chi connectivity index (χ3v) is 3.38. The van der Waals surface area contributed by atoms with Crippen LogP contribution >= 0.6 is 11.3 Å². The zero-order valence-corrected chi connectivity index (χ0v) is 11.5. The number of aromatic hydroxyl groups is 1. The molecule has 1 heterocycles. The Balaban J connectivity index is 2.33. The summed E-state index contributed by atoms with van der Waals surface area (Å²) in [6.07, 6.45) is 0. The second-order valence-corrected chi connectivity index (χ2v) is 5.06. The monoisotopic (exact) mass is 301 g/mol. The van der Waals surface area contributed by atoms with E-state index < -0.39 is 11.9 Å². The quantitative estimate of drug-likeness (QED) is 0.628. The van der Waals surface area contributed by atoms with Gasteiger partial charge in [-0.05, 0) is 24.3 Å². The number of thiophene rings is 1. The molecule has 0 fully saturated rings. The first-order chi connectivity index (χ1) is 9.95. The molecule has 0 aliphatic rings. The molecule has 0 bridgehead atoms. The van der Waals surface area contributed by atoms with Gasteiger partial charge in [0.1, 0.15) is 10.8 Å². The summed E-state index contributed by atoms with van der Waals surface area (Å²) in [5.74, 6) is 5.11. The number of hydrogen-bond acceptors (Lipinski definition) is 4. The van der Waals surface area contributed by atoms with Crippen molar-refractivity contribution in [3.8, 4) is 17.6 Å². The molecule has 0 spiro atoms. The Morgan fingerprint density at radius 2 is 1.95 bits per heavy atom. The van der Waals surface area contributed by atoms with Crippen molar-refractivity contribution in [3.05, 3.63) is 46.3 Å². The lowest BCUT2D eigenvalue weighted by Gasteiger charge is -1.98. The number of hydrogen-bond donors (Lipinski definition) is 4. The Hall–Kier alpha value is -2.98. The SMILES string of the molecule is NC(=O)Nc1sc(C#Cc2cccc(O)c2)cc1C(N)=O. The number of anilines is 1. The molecule has 0 atom stereocenters. The number of nitrogens with two attached hydrogens (primary N) is 2. The molecular weight excluding hydrogens is 290 g/mol.